The van der Waals surface area contributed by atoms with Gasteiger partial charge in [-0.05, 0) is 48.2 Å². The van der Waals surface area contributed by atoms with Gasteiger partial charge in [-0.25, -0.2) is 18.3 Å². The molecule has 1 saturated carbocycles. The topological polar surface area (TPSA) is 80.9 Å². The van der Waals surface area contributed by atoms with Crippen molar-refractivity contribution in [1.82, 2.24) is 20.2 Å². The van der Waals surface area contributed by atoms with E-state index in [1.54, 1.807) is 0 Å². The molecule has 8 heteroatoms. The minimum atomic E-state index is -1.32. The van der Waals surface area contributed by atoms with Crippen LogP contribution in [0.1, 0.15) is 24.8 Å². The third kappa shape index (κ3) is 1.82. The molecule has 6 nitrogen and oxygen atoms in total. The van der Waals surface area contributed by atoms with Crippen LogP contribution in [0.15, 0.2) is 12.1 Å². The van der Waals surface area contributed by atoms with Crippen molar-refractivity contribution in [3.8, 4) is 11.4 Å². The minimum absolute atomic E-state index is 0.198. The van der Waals surface area contributed by atoms with E-state index in [0.717, 1.165) is 10.7 Å². The summed E-state index contributed by atoms with van der Waals surface area (Å²) >= 11 is 0. The van der Waals surface area contributed by atoms with E-state index in [2.05, 4.69) is 15.5 Å². The third-order valence-corrected chi connectivity index (χ3v) is 3.96. The highest BCUT2D eigenvalue weighted by molar-refractivity contribution is 5.78. The van der Waals surface area contributed by atoms with Gasteiger partial charge >= 0.3 is 5.97 Å². The summed E-state index contributed by atoms with van der Waals surface area (Å²) in [5.41, 5.74) is -1.48. The smallest absolute Gasteiger partial charge is 0.331 e. The lowest BCUT2D eigenvalue weighted by molar-refractivity contribution is -0.153. The number of hydrogen-bond acceptors (Lipinski definition) is 4. The molecule has 1 aliphatic rings. The van der Waals surface area contributed by atoms with Crippen molar-refractivity contribution in [3.05, 3.63) is 29.3 Å². The van der Waals surface area contributed by atoms with Gasteiger partial charge in [0.15, 0.2) is 11.4 Å². The predicted octanol–water partition coefficient (Wildman–Crippen LogP) is 1.89. The number of tetrazole rings is 1. The highest BCUT2D eigenvalue weighted by Gasteiger charge is 2.49. The monoisotopic (exact) mass is 294 g/mol. The fourth-order valence-corrected chi connectivity index (χ4v) is 2.52. The van der Waals surface area contributed by atoms with Crippen molar-refractivity contribution >= 4 is 5.97 Å². The van der Waals surface area contributed by atoms with Crippen molar-refractivity contribution in [2.75, 3.05) is 0 Å². The number of carboxylic acids is 1. The number of aromatic nitrogens is 4. The maximum Gasteiger partial charge on any atom is 0.331 e. The van der Waals surface area contributed by atoms with Gasteiger partial charge in [-0.2, -0.15) is 0 Å². The molecular formula is C13H12F2N4O2. The molecule has 0 amide bonds. The largest absolute Gasteiger partial charge is 0.479 e. The van der Waals surface area contributed by atoms with Crippen LogP contribution < -0.4 is 0 Å². The van der Waals surface area contributed by atoms with Crippen LogP contribution in [-0.2, 0) is 10.3 Å². The van der Waals surface area contributed by atoms with Gasteiger partial charge in [-0.15, -0.1) is 5.10 Å². The minimum Gasteiger partial charge on any atom is -0.479 e. The van der Waals surface area contributed by atoms with Crippen LogP contribution in [0.4, 0.5) is 8.78 Å². The standard InChI is InChI=1S/C13H12F2N4O2/c1-7-3-4-8(14)9(10(7)15)11-16-17-18-19(11)13(12(20)21)5-2-6-13/h3-4H,2,5-6H2,1H3,(H,20,21). The number of halogens is 2. The third-order valence-electron chi connectivity index (χ3n) is 3.96. The number of benzene rings is 1. The van der Waals surface area contributed by atoms with Gasteiger partial charge in [-0.3, -0.25) is 0 Å². The summed E-state index contributed by atoms with van der Waals surface area (Å²) in [5.74, 6) is -2.91. The molecule has 0 bridgehead atoms. The summed E-state index contributed by atoms with van der Waals surface area (Å²) in [7, 11) is 0. The van der Waals surface area contributed by atoms with Crippen molar-refractivity contribution < 1.29 is 18.7 Å². The Kier molecular flexibility index (Phi) is 2.96. The molecule has 0 aliphatic heterocycles. The summed E-state index contributed by atoms with van der Waals surface area (Å²) in [6.07, 6.45) is 1.36. The van der Waals surface area contributed by atoms with E-state index in [-0.39, 0.29) is 11.4 Å². The van der Waals surface area contributed by atoms with Crippen molar-refractivity contribution in [1.29, 1.82) is 0 Å². The summed E-state index contributed by atoms with van der Waals surface area (Å²) in [6, 6.07) is 2.42. The summed E-state index contributed by atoms with van der Waals surface area (Å²) in [5, 5.41) is 20.1. The Morgan fingerprint density at radius 2 is 2.10 bits per heavy atom. The molecule has 1 N–H and O–H groups in total. The summed E-state index contributed by atoms with van der Waals surface area (Å²) in [6.45, 7) is 1.49. The second kappa shape index (κ2) is 4.57. The van der Waals surface area contributed by atoms with Gasteiger partial charge in [0.25, 0.3) is 0 Å². The number of hydrogen-bond donors (Lipinski definition) is 1. The molecular weight excluding hydrogens is 282 g/mol. The van der Waals surface area contributed by atoms with Crippen molar-refractivity contribution in [3.63, 3.8) is 0 Å². The number of aryl methyl sites for hydroxylation is 1. The first-order valence-corrected chi connectivity index (χ1v) is 6.44. The Labute approximate surface area is 118 Å². The van der Waals surface area contributed by atoms with Gasteiger partial charge in [0.05, 0.1) is 5.56 Å². The Morgan fingerprint density at radius 3 is 2.67 bits per heavy atom. The lowest BCUT2D eigenvalue weighted by Crippen LogP contribution is -2.48. The SMILES string of the molecule is Cc1ccc(F)c(-c2nnnn2C2(C(=O)O)CCC2)c1F. The Bertz CT molecular complexity index is 725. The molecule has 1 fully saturated rings. The van der Waals surface area contributed by atoms with Crippen LogP contribution in [0.25, 0.3) is 11.4 Å². The van der Waals surface area contributed by atoms with E-state index in [4.69, 9.17) is 0 Å². The van der Waals surface area contributed by atoms with E-state index < -0.39 is 28.7 Å². The van der Waals surface area contributed by atoms with Crippen molar-refractivity contribution in [2.24, 2.45) is 0 Å². The highest BCUT2D eigenvalue weighted by atomic mass is 19.1. The zero-order valence-corrected chi connectivity index (χ0v) is 11.2. The van der Waals surface area contributed by atoms with Crippen LogP contribution in [-0.4, -0.2) is 31.3 Å². The maximum absolute atomic E-state index is 14.2. The first kappa shape index (κ1) is 13.6. The Morgan fingerprint density at radius 1 is 1.38 bits per heavy atom. The lowest BCUT2D eigenvalue weighted by atomic mass is 9.76. The molecule has 21 heavy (non-hydrogen) atoms. The van der Waals surface area contributed by atoms with Crippen molar-refractivity contribution in [2.45, 2.75) is 31.7 Å². The van der Waals surface area contributed by atoms with E-state index in [1.807, 2.05) is 0 Å². The van der Waals surface area contributed by atoms with Crippen LogP contribution >= 0.6 is 0 Å². The predicted molar refractivity (Wildman–Crippen MR) is 67.4 cm³/mol. The molecule has 1 heterocycles. The van der Waals surface area contributed by atoms with Gasteiger partial charge in [0.2, 0.25) is 0 Å². The molecule has 0 unspecified atom stereocenters. The van der Waals surface area contributed by atoms with Gasteiger partial charge < -0.3 is 5.11 Å². The molecule has 0 radical (unpaired) electrons. The summed E-state index contributed by atoms with van der Waals surface area (Å²) in [4.78, 5) is 11.5. The number of carbonyl (C=O) groups is 1. The Balaban J connectivity index is 2.21. The van der Waals surface area contributed by atoms with Gasteiger partial charge in [0, 0.05) is 0 Å². The quantitative estimate of drug-likeness (QED) is 0.935. The number of aliphatic carboxylic acids is 1. The average Bonchev–Trinajstić information content (AvgIpc) is 2.82. The molecule has 2 aromatic rings. The van der Waals surface area contributed by atoms with Gasteiger partial charge in [0.1, 0.15) is 11.6 Å². The highest BCUT2D eigenvalue weighted by Crippen LogP contribution is 2.41. The zero-order chi connectivity index (χ0) is 15.2. The zero-order valence-electron chi connectivity index (χ0n) is 11.2. The first-order chi connectivity index (χ1) is 9.97. The first-order valence-electron chi connectivity index (χ1n) is 6.44. The van der Waals surface area contributed by atoms with E-state index in [0.29, 0.717) is 19.3 Å². The van der Waals surface area contributed by atoms with Crippen LogP contribution in [0.3, 0.4) is 0 Å². The Hall–Kier alpha value is -2.38. The normalized spacial score (nSPS) is 16.5. The lowest BCUT2D eigenvalue weighted by Gasteiger charge is -2.37. The molecule has 0 saturated heterocycles. The van der Waals surface area contributed by atoms with E-state index in [1.165, 1.54) is 13.0 Å². The molecule has 1 aromatic heterocycles. The molecule has 110 valence electrons. The van der Waals surface area contributed by atoms with E-state index >= 15 is 0 Å². The second-order valence-electron chi connectivity index (χ2n) is 5.16. The van der Waals surface area contributed by atoms with Crippen LogP contribution in [0.2, 0.25) is 0 Å². The van der Waals surface area contributed by atoms with E-state index in [9.17, 15) is 18.7 Å². The van der Waals surface area contributed by atoms with Crippen LogP contribution in [0.5, 0.6) is 0 Å². The average molecular weight is 294 g/mol. The molecule has 1 aromatic carbocycles. The molecule has 3 rings (SSSR count). The van der Waals surface area contributed by atoms with Gasteiger partial charge in [-0.1, -0.05) is 6.07 Å². The fourth-order valence-electron chi connectivity index (χ4n) is 2.52. The number of rotatable bonds is 3. The molecule has 1 aliphatic carbocycles. The number of carboxylic acid groups (broad SMARTS) is 1. The van der Waals surface area contributed by atoms with Crippen LogP contribution in [0, 0.1) is 18.6 Å². The fraction of sp³-hybridized carbons (Fsp3) is 0.385. The maximum atomic E-state index is 14.2. The molecule has 0 atom stereocenters. The second-order valence-corrected chi connectivity index (χ2v) is 5.16. The summed E-state index contributed by atoms with van der Waals surface area (Å²) < 4.78 is 29.2. The number of nitrogens with zero attached hydrogens (tertiary/aromatic N) is 4. The molecule has 0 spiro atoms.